The fraction of sp³-hybridized carbons (Fsp3) is 0.529. The molecule has 0 spiro atoms. The SMILES string of the molecule is c1ccc(C2C3CCC(C3)CN2CCn2cncn2)cc1. The van der Waals surface area contributed by atoms with Gasteiger partial charge in [-0.3, -0.25) is 9.58 Å². The normalized spacial score (nSPS) is 28.9. The molecule has 1 aliphatic carbocycles. The van der Waals surface area contributed by atoms with E-state index in [0.717, 1.165) is 24.9 Å². The van der Waals surface area contributed by atoms with Crippen LogP contribution in [0.5, 0.6) is 0 Å². The van der Waals surface area contributed by atoms with Crippen LogP contribution in [-0.4, -0.2) is 32.8 Å². The molecule has 4 heteroatoms. The van der Waals surface area contributed by atoms with Crippen LogP contribution in [0.15, 0.2) is 43.0 Å². The van der Waals surface area contributed by atoms with Crippen LogP contribution < -0.4 is 0 Å². The number of rotatable bonds is 4. The molecule has 2 aromatic rings. The Morgan fingerprint density at radius 2 is 2.00 bits per heavy atom. The van der Waals surface area contributed by atoms with Crippen LogP contribution in [-0.2, 0) is 6.54 Å². The van der Waals surface area contributed by atoms with Crippen molar-refractivity contribution in [2.75, 3.05) is 13.1 Å². The Morgan fingerprint density at radius 1 is 1.10 bits per heavy atom. The summed E-state index contributed by atoms with van der Waals surface area (Å²) in [7, 11) is 0. The lowest BCUT2D eigenvalue weighted by molar-refractivity contribution is 0.0863. The van der Waals surface area contributed by atoms with Gasteiger partial charge < -0.3 is 0 Å². The standard InChI is InChI=1S/C17H22N4/c1-2-4-15(5-3-1)17-16-7-6-14(10-16)11-20(17)8-9-21-13-18-12-19-21/h1-5,12-14,16-17H,6-11H2. The van der Waals surface area contributed by atoms with Crippen LogP contribution in [0.3, 0.4) is 0 Å². The van der Waals surface area contributed by atoms with Gasteiger partial charge in [0.2, 0.25) is 0 Å². The predicted molar refractivity (Wildman–Crippen MR) is 81.6 cm³/mol. The van der Waals surface area contributed by atoms with E-state index in [1.807, 2.05) is 11.0 Å². The molecule has 2 bridgehead atoms. The molecule has 1 saturated carbocycles. The van der Waals surface area contributed by atoms with Crippen LogP contribution >= 0.6 is 0 Å². The summed E-state index contributed by atoms with van der Waals surface area (Å²) in [5, 5.41) is 4.23. The molecule has 0 amide bonds. The first-order valence-electron chi connectivity index (χ1n) is 8.01. The summed E-state index contributed by atoms with van der Waals surface area (Å²) in [5.74, 6) is 1.74. The summed E-state index contributed by atoms with van der Waals surface area (Å²) in [6.45, 7) is 3.24. The number of benzene rings is 1. The highest BCUT2D eigenvalue weighted by molar-refractivity contribution is 5.21. The molecule has 3 atom stereocenters. The van der Waals surface area contributed by atoms with Gasteiger partial charge in [-0.25, -0.2) is 4.98 Å². The third-order valence-corrected chi connectivity index (χ3v) is 5.14. The Morgan fingerprint density at radius 3 is 2.81 bits per heavy atom. The van der Waals surface area contributed by atoms with Gasteiger partial charge in [-0.1, -0.05) is 30.3 Å². The van der Waals surface area contributed by atoms with E-state index in [0.29, 0.717) is 6.04 Å². The second-order valence-electron chi connectivity index (χ2n) is 6.45. The number of likely N-dealkylation sites (tertiary alicyclic amines) is 1. The molecule has 1 saturated heterocycles. The minimum Gasteiger partial charge on any atom is -0.294 e. The maximum Gasteiger partial charge on any atom is 0.137 e. The van der Waals surface area contributed by atoms with Gasteiger partial charge in [0.05, 0.1) is 6.54 Å². The number of aromatic nitrogens is 3. The van der Waals surface area contributed by atoms with Gasteiger partial charge in [-0.15, -0.1) is 0 Å². The molecule has 21 heavy (non-hydrogen) atoms. The highest BCUT2D eigenvalue weighted by Crippen LogP contribution is 2.47. The van der Waals surface area contributed by atoms with Crippen molar-refractivity contribution in [2.24, 2.45) is 11.8 Å². The zero-order valence-electron chi connectivity index (χ0n) is 12.3. The number of piperidine rings is 1. The summed E-state index contributed by atoms with van der Waals surface area (Å²) < 4.78 is 1.94. The number of nitrogens with zero attached hydrogens (tertiary/aromatic N) is 4. The van der Waals surface area contributed by atoms with Crippen molar-refractivity contribution < 1.29 is 0 Å². The maximum absolute atomic E-state index is 4.23. The molecule has 2 fully saturated rings. The van der Waals surface area contributed by atoms with E-state index >= 15 is 0 Å². The molecular formula is C17H22N4. The van der Waals surface area contributed by atoms with Crippen LogP contribution in [0.2, 0.25) is 0 Å². The molecule has 1 aliphatic heterocycles. The van der Waals surface area contributed by atoms with Crippen molar-refractivity contribution in [1.29, 1.82) is 0 Å². The largest absolute Gasteiger partial charge is 0.294 e. The lowest BCUT2D eigenvalue weighted by atomic mass is 9.86. The second kappa shape index (κ2) is 5.60. The summed E-state index contributed by atoms with van der Waals surface area (Å²) in [5.41, 5.74) is 1.49. The average molecular weight is 282 g/mol. The van der Waals surface area contributed by atoms with E-state index in [2.05, 4.69) is 45.3 Å². The van der Waals surface area contributed by atoms with Gasteiger partial charge in [0, 0.05) is 19.1 Å². The third kappa shape index (κ3) is 2.60. The van der Waals surface area contributed by atoms with Crippen molar-refractivity contribution in [3.8, 4) is 0 Å². The molecule has 4 rings (SSSR count). The molecule has 110 valence electrons. The lowest BCUT2D eigenvalue weighted by Crippen LogP contribution is -2.41. The summed E-state index contributed by atoms with van der Waals surface area (Å²) >= 11 is 0. The molecule has 0 N–H and O–H groups in total. The first-order chi connectivity index (χ1) is 10.4. The van der Waals surface area contributed by atoms with Crippen molar-refractivity contribution >= 4 is 0 Å². The zero-order valence-corrected chi connectivity index (χ0v) is 12.3. The quantitative estimate of drug-likeness (QED) is 0.864. The fourth-order valence-corrected chi connectivity index (χ4v) is 4.25. The van der Waals surface area contributed by atoms with Gasteiger partial charge in [-0.05, 0) is 36.7 Å². The number of hydrogen-bond acceptors (Lipinski definition) is 3. The number of hydrogen-bond donors (Lipinski definition) is 0. The first kappa shape index (κ1) is 13.0. The van der Waals surface area contributed by atoms with E-state index in [4.69, 9.17) is 0 Å². The fourth-order valence-electron chi connectivity index (χ4n) is 4.25. The minimum atomic E-state index is 0.591. The first-order valence-corrected chi connectivity index (χ1v) is 8.01. The van der Waals surface area contributed by atoms with Crippen molar-refractivity contribution in [1.82, 2.24) is 19.7 Å². The summed E-state index contributed by atoms with van der Waals surface area (Å²) in [4.78, 5) is 6.72. The van der Waals surface area contributed by atoms with Gasteiger partial charge >= 0.3 is 0 Å². The zero-order chi connectivity index (χ0) is 14.1. The molecule has 0 radical (unpaired) electrons. The Hall–Kier alpha value is -1.68. The van der Waals surface area contributed by atoms with Crippen LogP contribution in [0.25, 0.3) is 0 Å². The molecular weight excluding hydrogens is 260 g/mol. The Kier molecular flexibility index (Phi) is 3.47. The van der Waals surface area contributed by atoms with Crippen molar-refractivity contribution in [2.45, 2.75) is 31.8 Å². The summed E-state index contributed by atoms with van der Waals surface area (Å²) in [6.07, 6.45) is 7.65. The van der Waals surface area contributed by atoms with E-state index in [1.165, 1.54) is 31.4 Å². The Balaban J connectivity index is 1.54. The van der Waals surface area contributed by atoms with E-state index in [-0.39, 0.29) is 0 Å². The maximum atomic E-state index is 4.23. The minimum absolute atomic E-state index is 0.591. The monoisotopic (exact) mass is 282 g/mol. The average Bonchev–Trinajstić information content (AvgIpc) is 3.16. The topological polar surface area (TPSA) is 34.0 Å². The summed E-state index contributed by atoms with van der Waals surface area (Å²) in [6, 6.07) is 11.6. The Labute approximate surface area is 125 Å². The van der Waals surface area contributed by atoms with Crippen molar-refractivity contribution in [3.63, 3.8) is 0 Å². The van der Waals surface area contributed by atoms with Gasteiger partial charge in [0.15, 0.2) is 0 Å². The van der Waals surface area contributed by atoms with E-state index in [1.54, 1.807) is 6.33 Å². The van der Waals surface area contributed by atoms with Crippen LogP contribution in [0.4, 0.5) is 0 Å². The van der Waals surface area contributed by atoms with E-state index < -0.39 is 0 Å². The molecule has 2 aliphatic rings. The molecule has 1 aromatic heterocycles. The lowest BCUT2D eigenvalue weighted by Gasteiger charge is -2.40. The van der Waals surface area contributed by atoms with Gasteiger partial charge in [0.25, 0.3) is 0 Å². The molecule has 4 nitrogen and oxygen atoms in total. The highest BCUT2D eigenvalue weighted by atomic mass is 15.3. The van der Waals surface area contributed by atoms with Crippen molar-refractivity contribution in [3.05, 3.63) is 48.5 Å². The second-order valence-corrected chi connectivity index (χ2v) is 6.45. The van der Waals surface area contributed by atoms with Gasteiger partial charge in [0.1, 0.15) is 12.7 Å². The highest BCUT2D eigenvalue weighted by Gasteiger charge is 2.40. The van der Waals surface area contributed by atoms with E-state index in [9.17, 15) is 0 Å². The van der Waals surface area contributed by atoms with Crippen LogP contribution in [0, 0.1) is 11.8 Å². The molecule has 3 unspecified atom stereocenters. The third-order valence-electron chi connectivity index (χ3n) is 5.14. The predicted octanol–water partition coefficient (Wildman–Crippen LogP) is 2.75. The van der Waals surface area contributed by atoms with Crippen LogP contribution in [0.1, 0.15) is 30.9 Å². The molecule has 1 aromatic carbocycles. The smallest absolute Gasteiger partial charge is 0.137 e. The molecule has 2 heterocycles. The Bertz CT molecular complexity index is 566. The number of fused-ring (bicyclic) bond motifs is 2. The van der Waals surface area contributed by atoms with Gasteiger partial charge in [-0.2, -0.15) is 5.10 Å².